The molecule has 0 radical (unpaired) electrons. The molecule has 23 heavy (non-hydrogen) atoms. The number of hydrogen-bond donors (Lipinski definition) is 2. The first kappa shape index (κ1) is 15.1. The third kappa shape index (κ3) is 3.90. The maximum Gasteiger partial charge on any atom is 0.320 e. The Labute approximate surface area is 138 Å². The van der Waals surface area contributed by atoms with Crippen LogP contribution in [0.4, 0.5) is 10.6 Å². The highest BCUT2D eigenvalue weighted by Gasteiger charge is 2.09. The van der Waals surface area contributed by atoms with E-state index in [1.807, 2.05) is 48.5 Å². The molecule has 0 saturated heterocycles. The molecule has 5 nitrogen and oxygen atoms in total. The van der Waals surface area contributed by atoms with Crippen molar-refractivity contribution >= 4 is 23.4 Å². The second-order valence-electron chi connectivity index (χ2n) is 4.84. The van der Waals surface area contributed by atoms with E-state index in [1.165, 1.54) is 0 Å². The molecule has 0 spiro atoms. The number of carbonyl (C=O) groups excluding carboxylic acids is 1. The van der Waals surface area contributed by atoms with Crippen LogP contribution in [-0.2, 0) is 6.54 Å². The smallest absolute Gasteiger partial charge is 0.320 e. The second kappa shape index (κ2) is 6.98. The number of hydrogen-bond acceptors (Lipinski definition) is 3. The summed E-state index contributed by atoms with van der Waals surface area (Å²) < 4.78 is 5.22. The van der Waals surface area contributed by atoms with E-state index in [-0.39, 0.29) is 6.03 Å². The lowest BCUT2D eigenvalue weighted by atomic mass is 10.2. The molecule has 1 heterocycles. The maximum absolute atomic E-state index is 11.9. The first-order chi connectivity index (χ1) is 11.2. The summed E-state index contributed by atoms with van der Waals surface area (Å²) in [6.07, 6.45) is 0. The standard InChI is InChI=1S/C17H14ClN3O2/c18-14-9-5-4-8-13(14)11-19-17(22)20-16-10-15(23-21-16)12-6-2-1-3-7-12/h1-10H,11H2,(H2,19,20,21,22). The predicted molar refractivity (Wildman–Crippen MR) is 89.2 cm³/mol. The van der Waals surface area contributed by atoms with Crippen LogP contribution in [0.15, 0.2) is 65.2 Å². The van der Waals surface area contributed by atoms with Crippen LogP contribution in [0.1, 0.15) is 5.56 Å². The number of aromatic nitrogens is 1. The number of benzene rings is 2. The molecule has 0 fully saturated rings. The van der Waals surface area contributed by atoms with Gasteiger partial charge in [-0.25, -0.2) is 4.79 Å². The van der Waals surface area contributed by atoms with Crippen LogP contribution in [-0.4, -0.2) is 11.2 Å². The Kier molecular flexibility index (Phi) is 4.59. The van der Waals surface area contributed by atoms with E-state index in [0.29, 0.717) is 23.1 Å². The maximum atomic E-state index is 11.9. The van der Waals surface area contributed by atoms with Gasteiger partial charge in [-0.05, 0) is 11.6 Å². The van der Waals surface area contributed by atoms with E-state index in [1.54, 1.807) is 12.1 Å². The number of rotatable bonds is 4. The molecule has 2 N–H and O–H groups in total. The fourth-order valence-corrected chi connectivity index (χ4v) is 2.25. The van der Waals surface area contributed by atoms with Gasteiger partial charge in [-0.15, -0.1) is 0 Å². The Morgan fingerprint density at radius 3 is 2.61 bits per heavy atom. The zero-order valence-corrected chi connectivity index (χ0v) is 12.9. The Balaban J connectivity index is 1.58. The fraction of sp³-hybridized carbons (Fsp3) is 0.0588. The SMILES string of the molecule is O=C(NCc1ccccc1Cl)Nc1cc(-c2ccccc2)on1. The van der Waals surface area contributed by atoms with Gasteiger partial charge in [0, 0.05) is 23.2 Å². The quantitative estimate of drug-likeness (QED) is 0.750. The number of halogens is 1. The van der Waals surface area contributed by atoms with Crippen LogP contribution in [0, 0.1) is 0 Å². The molecule has 0 aliphatic rings. The van der Waals surface area contributed by atoms with Gasteiger partial charge in [0.2, 0.25) is 0 Å². The summed E-state index contributed by atoms with van der Waals surface area (Å²) in [5.41, 5.74) is 1.74. The van der Waals surface area contributed by atoms with Crippen molar-refractivity contribution in [3.63, 3.8) is 0 Å². The van der Waals surface area contributed by atoms with Crippen molar-refractivity contribution in [3.05, 3.63) is 71.2 Å². The van der Waals surface area contributed by atoms with Gasteiger partial charge < -0.3 is 9.84 Å². The van der Waals surface area contributed by atoms with Crippen molar-refractivity contribution in [3.8, 4) is 11.3 Å². The fourth-order valence-electron chi connectivity index (χ4n) is 2.05. The van der Waals surface area contributed by atoms with Gasteiger partial charge in [-0.1, -0.05) is 65.3 Å². The minimum Gasteiger partial charge on any atom is -0.354 e. The van der Waals surface area contributed by atoms with Crippen LogP contribution in [0.2, 0.25) is 5.02 Å². The van der Waals surface area contributed by atoms with Crippen LogP contribution in [0.5, 0.6) is 0 Å². The summed E-state index contributed by atoms with van der Waals surface area (Å²) in [7, 11) is 0. The molecule has 2 amide bonds. The molecular weight excluding hydrogens is 314 g/mol. The van der Waals surface area contributed by atoms with E-state index < -0.39 is 0 Å². The molecule has 0 bridgehead atoms. The highest BCUT2D eigenvalue weighted by Crippen LogP contribution is 2.21. The normalized spacial score (nSPS) is 10.3. The minimum absolute atomic E-state index is 0.328. The van der Waals surface area contributed by atoms with Gasteiger partial charge in [0.15, 0.2) is 11.6 Å². The molecule has 1 aromatic heterocycles. The number of amides is 2. The van der Waals surface area contributed by atoms with Crippen LogP contribution < -0.4 is 10.6 Å². The molecule has 116 valence electrons. The average Bonchev–Trinajstić information content (AvgIpc) is 3.03. The van der Waals surface area contributed by atoms with Crippen molar-refractivity contribution in [2.75, 3.05) is 5.32 Å². The van der Waals surface area contributed by atoms with Gasteiger partial charge in [-0.2, -0.15) is 0 Å². The van der Waals surface area contributed by atoms with Gasteiger partial charge in [0.25, 0.3) is 0 Å². The summed E-state index contributed by atoms with van der Waals surface area (Å²) in [5.74, 6) is 0.938. The molecule has 3 aromatic rings. The molecule has 3 rings (SSSR count). The lowest BCUT2D eigenvalue weighted by molar-refractivity contribution is 0.251. The summed E-state index contributed by atoms with van der Waals surface area (Å²) in [6, 6.07) is 18.2. The molecule has 0 aliphatic heterocycles. The van der Waals surface area contributed by atoms with Crippen LogP contribution in [0.3, 0.4) is 0 Å². The number of anilines is 1. The molecule has 0 unspecified atom stereocenters. The van der Waals surface area contributed by atoms with E-state index in [0.717, 1.165) is 11.1 Å². The van der Waals surface area contributed by atoms with Crippen molar-refractivity contribution in [1.29, 1.82) is 0 Å². The number of nitrogens with zero attached hydrogens (tertiary/aromatic N) is 1. The molecule has 0 atom stereocenters. The average molecular weight is 328 g/mol. The first-order valence-electron chi connectivity index (χ1n) is 7.03. The van der Waals surface area contributed by atoms with Crippen LogP contribution in [0.25, 0.3) is 11.3 Å². The Morgan fingerprint density at radius 1 is 1.09 bits per heavy atom. The number of carbonyl (C=O) groups is 1. The summed E-state index contributed by atoms with van der Waals surface area (Å²) in [5, 5.41) is 9.79. The zero-order chi connectivity index (χ0) is 16.1. The summed E-state index contributed by atoms with van der Waals surface area (Å²) in [6.45, 7) is 0.328. The molecule has 2 aromatic carbocycles. The first-order valence-corrected chi connectivity index (χ1v) is 7.40. The van der Waals surface area contributed by atoms with E-state index >= 15 is 0 Å². The second-order valence-corrected chi connectivity index (χ2v) is 5.25. The third-order valence-electron chi connectivity index (χ3n) is 3.21. The van der Waals surface area contributed by atoms with E-state index in [9.17, 15) is 4.79 Å². The van der Waals surface area contributed by atoms with Crippen molar-refractivity contribution in [2.45, 2.75) is 6.54 Å². The third-order valence-corrected chi connectivity index (χ3v) is 3.58. The molecule has 6 heteroatoms. The van der Waals surface area contributed by atoms with Crippen molar-refractivity contribution in [2.24, 2.45) is 0 Å². The molecule has 0 aliphatic carbocycles. The Hall–Kier alpha value is -2.79. The van der Waals surface area contributed by atoms with Gasteiger partial charge in [0.05, 0.1) is 0 Å². The minimum atomic E-state index is -0.377. The number of nitrogens with one attached hydrogen (secondary N) is 2. The summed E-state index contributed by atoms with van der Waals surface area (Å²) >= 11 is 6.04. The van der Waals surface area contributed by atoms with Gasteiger partial charge in [-0.3, -0.25) is 5.32 Å². The van der Waals surface area contributed by atoms with Gasteiger partial charge >= 0.3 is 6.03 Å². The predicted octanol–water partition coefficient (Wildman–Crippen LogP) is 4.32. The number of urea groups is 1. The lowest BCUT2D eigenvalue weighted by Gasteiger charge is -2.06. The Bertz CT molecular complexity index is 802. The molecular formula is C17H14ClN3O2. The van der Waals surface area contributed by atoms with Crippen molar-refractivity contribution in [1.82, 2.24) is 10.5 Å². The van der Waals surface area contributed by atoms with Crippen molar-refractivity contribution < 1.29 is 9.32 Å². The topological polar surface area (TPSA) is 67.2 Å². The van der Waals surface area contributed by atoms with Crippen LogP contribution >= 0.6 is 11.6 Å². The highest BCUT2D eigenvalue weighted by molar-refractivity contribution is 6.31. The molecule has 0 saturated carbocycles. The monoisotopic (exact) mass is 327 g/mol. The highest BCUT2D eigenvalue weighted by atomic mass is 35.5. The largest absolute Gasteiger partial charge is 0.354 e. The van der Waals surface area contributed by atoms with Gasteiger partial charge in [0.1, 0.15) is 0 Å². The summed E-state index contributed by atoms with van der Waals surface area (Å²) in [4.78, 5) is 11.9. The zero-order valence-electron chi connectivity index (χ0n) is 12.1. The Morgan fingerprint density at radius 2 is 1.83 bits per heavy atom. The van der Waals surface area contributed by atoms with E-state index in [2.05, 4.69) is 15.8 Å². The lowest BCUT2D eigenvalue weighted by Crippen LogP contribution is -2.28. The van der Waals surface area contributed by atoms with E-state index in [4.69, 9.17) is 16.1 Å².